The number of aliphatic imine (C=N–C) groups is 1. The Bertz CT molecular complexity index is 551. The smallest absolute Gasteiger partial charge is 0.409 e. The number of likely N-dealkylation sites (tertiary alicyclic amines) is 1. The molecule has 24 heavy (non-hydrogen) atoms. The first-order chi connectivity index (χ1) is 11.6. The number of aromatic nitrogens is 2. The number of nitrogens with one attached hydrogen (secondary N) is 2. The average molecular weight is 338 g/mol. The highest BCUT2D eigenvalue weighted by Crippen LogP contribution is 2.11. The van der Waals surface area contributed by atoms with Crippen LogP contribution in [0.25, 0.3) is 0 Å². The van der Waals surface area contributed by atoms with E-state index in [0.29, 0.717) is 43.9 Å². The third-order valence-corrected chi connectivity index (χ3v) is 3.65. The molecule has 1 saturated heterocycles. The van der Waals surface area contributed by atoms with Gasteiger partial charge in [0.25, 0.3) is 0 Å². The molecule has 0 spiro atoms. The predicted octanol–water partition coefficient (Wildman–Crippen LogP) is 1.05. The van der Waals surface area contributed by atoms with Crippen molar-refractivity contribution in [2.75, 3.05) is 26.2 Å². The molecule has 2 N–H and O–H groups in total. The second kappa shape index (κ2) is 9.09. The van der Waals surface area contributed by atoms with Gasteiger partial charge in [0.15, 0.2) is 11.8 Å². The molecule has 0 aromatic carbocycles. The van der Waals surface area contributed by atoms with Crippen LogP contribution in [-0.2, 0) is 11.3 Å². The van der Waals surface area contributed by atoms with Gasteiger partial charge in [0.05, 0.1) is 6.61 Å². The first-order valence-electron chi connectivity index (χ1n) is 8.38. The molecule has 9 heteroatoms. The lowest BCUT2D eigenvalue weighted by Gasteiger charge is -2.32. The van der Waals surface area contributed by atoms with Gasteiger partial charge in [0.1, 0.15) is 6.54 Å². The number of piperidine rings is 1. The van der Waals surface area contributed by atoms with E-state index in [-0.39, 0.29) is 12.1 Å². The van der Waals surface area contributed by atoms with E-state index in [1.165, 1.54) is 0 Å². The van der Waals surface area contributed by atoms with Crippen molar-refractivity contribution >= 4 is 12.1 Å². The molecule has 1 fully saturated rings. The molecule has 9 nitrogen and oxygen atoms in total. The molecule has 1 aromatic rings. The molecule has 2 heterocycles. The highest BCUT2D eigenvalue weighted by Gasteiger charge is 2.24. The first-order valence-corrected chi connectivity index (χ1v) is 8.38. The maximum Gasteiger partial charge on any atom is 0.409 e. The Hall–Kier alpha value is -2.32. The van der Waals surface area contributed by atoms with Crippen molar-refractivity contribution < 1.29 is 14.1 Å². The lowest BCUT2D eigenvalue weighted by atomic mass is 10.1. The standard InChI is InChI=1S/C15H26N6O3/c1-4-16-14(17-10-13-18-11(3)20-24-13)19-12-6-8-21(9-7-12)15(22)23-5-2/h12H,4-10H2,1-3H3,(H2,16,17,19). The summed E-state index contributed by atoms with van der Waals surface area (Å²) in [5.74, 6) is 1.80. The largest absolute Gasteiger partial charge is 0.450 e. The molecular formula is C15H26N6O3. The molecule has 0 bridgehead atoms. The maximum absolute atomic E-state index is 11.7. The molecule has 1 aromatic heterocycles. The van der Waals surface area contributed by atoms with E-state index in [1.54, 1.807) is 11.8 Å². The van der Waals surface area contributed by atoms with Gasteiger partial charge in [0.2, 0.25) is 5.89 Å². The molecule has 1 aliphatic heterocycles. The molecule has 0 radical (unpaired) electrons. The lowest BCUT2D eigenvalue weighted by Crippen LogP contribution is -2.49. The molecule has 0 atom stereocenters. The van der Waals surface area contributed by atoms with Crippen LogP contribution in [-0.4, -0.2) is 59.4 Å². The van der Waals surface area contributed by atoms with Crippen molar-refractivity contribution in [1.82, 2.24) is 25.7 Å². The van der Waals surface area contributed by atoms with Gasteiger partial charge in [-0.3, -0.25) is 0 Å². The summed E-state index contributed by atoms with van der Waals surface area (Å²) in [6, 6.07) is 0.262. The monoisotopic (exact) mass is 338 g/mol. The third-order valence-electron chi connectivity index (χ3n) is 3.65. The first kappa shape index (κ1) is 18.0. The summed E-state index contributed by atoms with van der Waals surface area (Å²) >= 11 is 0. The van der Waals surface area contributed by atoms with Crippen molar-refractivity contribution in [3.63, 3.8) is 0 Å². The molecule has 134 valence electrons. The third kappa shape index (κ3) is 5.39. The van der Waals surface area contributed by atoms with Crippen molar-refractivity contribution in [2.24, 2.45) is 4.99 Å². The van der Waals surface area contributed by atoms with E-state index in [0.717, 1.165) is 19.4 Å². The number of hydrogen-bond acceptors (Lipinski definition) is 6. The number of aryl methyl sites for hydroxylation is 1. The Labute approximate surface area is 141 Å². The van der Waals surface area contributed by atoms with Gasteiger partial charge in [-0.1, -0.05) is 5.16 Å². The number of carbonyl (C=O) groups is 1. The van der Waals surface area contributed by atoms with Gasteiger partial charge in [-0.25, -0.2) is 9.79 Å². The number of carbonyl (C=O) groups excluding carboxylic acids is 1. The fraction of sp³-hybridized carbons (Fsp3) is 0.733. The summed E-state index contributed by atoms with van der Waals surface area (Å²) in [4.78, 5) is 22.1. The van der Waals surface area contributed by atoms with Crippen LogP contribution < -0.4 is 10.6 Å². The molecule has 1 amide bonds. The minimum absolute atomic E-state index is 0.233. The Kier molecular flexibility index (Phi) is 6.83. The summed E-state index contributed by atoms with van der Waals surface area (Å²) < 4.78 is 10.1. The molecule has 2 rings (SSSR count). The van der Waals surface area contributed by atoms with E-state index in [1.807, 2.05) is 13.8 Å². The zero-order valence-electron chi connectivity index (χ0n) is 14.5. The summed E-state index contributed by atoms with van der Waals surface area (Å²) in [5.41, 5.74) is 0. The van der Waals surface area contributed by atoms with Gasteiger partial charge < -0.3 is 24.8 Å². The second-order valence-corrected chi connectivity index (χ2v) is 5.54. The predicted molar refractivity (Wildman–Crippen MR) is 88.6 cm³/mol. The Morgan fingerprint density at radius 3 is 2.75 bits per heavy atom. The van der Waals surface area contributed by atoms with E-state index in [4.69, 9.17) is 9.26 Å². The lowest BCUT2D eigenvalue weighted by molar-refractivity contribution is 0.0963. The summed E-state index contributed by atoms with van der Waals surface area (Å²) in [5, 5.41) is 10.4. The topological polar surface area (TPSA) is 105 Å². The van der Waals surface area contributed by atoms with E-state index in [2.05, 4.69) is 25.8 Å². The zero-order valence-corrected chi connectivity index (χ0v) is 14.5. The molecule has 1 aliphatic rings. The SMILES string of the molecule is CCNC(=NCc1nc(C)no1)NC1CCN(C(=O)OCC)CC1. The molecular weight excluding hydrogens is 312 g/mol. The van der Waals surface area contributed by atoms with Crippen LogP contribution in [0.5, 0.6) is 0 Å². The van der Waals surface area contributed by atoms with Crippen LogP contribution in [0.1, 0.15) is 38.4 Å². The van der Waals surface area contributed by atoms with Gasteiger partial charge in [-0.2, -0.15) is 4.98 Å². The highest BCUT2D eigenvalue weighted by atomic mass is 16.6. The zero-order chi connectivity index (χ0) is 17.4. The Balaban J connectivity index is 1.84. The number of amides is 1. The van der Waals surface area contributed by atoms with Crippen LogP contribution in [0.4, 0.5) is 4.79 Å². The van der Waals surface area contributed by atoms with E-state index in [9.17, 15) is 4.79 Å². The van der Waals surface area contributed by atoms with Crippen LogP contribution in [0.15, 0.2) is 9.52 Å². The number of rotatable bonds is 5. The van der Waals surface area contributed by atoms with Gasteiger partial charge >= 0.3 is 6.09 Å². The molecule has 0 unspecified atom stereocenters. The van der Waals surface area contributed by atoms with Crippen molar-refractivity contribution in [3.8, 4) is 0 Å². The fourth-order valence-electron chi connectivity index (χ4n) is 2.49. The van der Waals surface area contributed by atoms with E-state index >= 15 is 0 Å². The Morgan fingerprint density at radius 1 is 1.42 bits per heavy atom. The van der Waals surface area contributed by atoms with Crippen LogP contribution in [0.3, 0.4) is 0 Å². The normalized spacial score (nSPS) is 16.1. The number of guanidine groups is 1. The quantitative estimate of drug-likeness (QED) is 0.611. The second-order valence-electron chi connectivity index (χ2n) is 5.54. The number of ether oxygens (including phenoxy) is 1. The average Bonchev–Trinajstić information content (AvgIpc) is 2.99. The van der Waals surface area contributed by atoms with Gasteiger partial charge in [-0.15, -0.1) is 0 Å². The van der Waals surface area contributed by atoms with Crippen molar-refractivity contribution in [1.29, 1.82) is 0 Å². The Morgan fingerprint density at radius 2 is 2.17 bits per heavy atom. The maximum atomic E-state index is 11.7. The molecule has 0 aliphatic carbocycles. The van der Waals surface area contributed by atoms with E-state index < -0.39 is 0 Å². The van der Waals surface area contributed by atoms with Gasteiger partial charge in [-0.05, 0) is 33.6 Å². The minimum Gasteiger partial charge on any atom is -0.450 e. The van der Waals surface area contributed by atoms with Crippen molar-refractivity contribution in [2.45, 2.75) is 46.2 Å². The molecule has 0 saturated carbocycles. The summed E-state index contributed by atoms with van der Waals surface area (Å²) in [6.45, 7) is 8.46. The summed E-state index contributed by atoms with van der Waals surface area (Å²) in [7, 11) is 0. The van der Waals surface area contributed by atoms with Crippen LogP contribution in [0.2, 0.25) is 0 Å². The summed E-state index contributed by atoms with van der Waals surface area (Å²) in [6.07, 6.45) is 1.47. The minimum atomic E-state index is -0.233. The highest BCUT2D eigenvalue weighted by molar-refractivity contribution is 5.80. The van der Waals surface area contributed by atoms with Crippen LogP contribution in [0, 0.1) is 6.92 Å². The van der Waals surface area contributed by atoms with Crippen LogP contribution >= 0.6 is 0 Å². The number of nitrogens with zero attached hydrogens (tertiary/aromatic N) is 4. The fourth-order valence-corrected chi connectivity index (χ4v) is 2.49. The number of hydrogen-bond donors (Lipinski definition) is 2. The van der Waals surface area contributed by atoms with Gasteiger partial charge in [0, 0.05) is 25.7 Å². The van der Waals surface area contributed by atoms with Crippen molar-refractivity contribution in [3.05, 3.63) is 11.7 Å².